The molecule has 1 aromatic carbocycles. The minimum atomic E-state index is -0.436. The van der Waals surface area contributed by atoms with Gasteiger partial charge in [0, 0.05) is 12.1 Å². The number of amides is 1. The summed E-state index contributed by atoms with van der Waals surface area (Å²) in [5.74, 6) is -0.0264. The molecule has 6 heteroatoms. The second kappa shape index (κ2) is 4.13. The van der Waals surface area contributed by atoms with E-state index in [1.807, 2.05) is 6.92 Å². The minimum absolute atomic E-state index is 0.0264. The molecule has 0 saturated carbocycles. The number of thioether (sulfide) groups is 1. The Hall–Kier alpha value is -1.56. The minimum Gasteiger partial charge on any atom is -0.339 e. The Bertz CT molecular complexity index is 449. The van der Waals surface area contributed by atoms with E-state index in [1.54, 1.807) is 12.1 Å². The summed E-state index contributed by atoms with van der Waals surface area (Å²) in [6.45, 7) is 1.82. The number of rotatable bonds is 2. The lowest BCUT2D eigenvalue weighted by Gasteiger charge is -2.08. The number of carbonyl (C=O) groups is 1. The third-order valence-electron chi connectivity index (χ3n) is 2.37. The Morgan fingerprint density at radius 3 is 2.81 bits per heavy atom. The fraction of sp³-hybridized carbons (Fsp3) is 0.300. The third kappa shape index (κ3) is 2.01. The van der Waals surface area contributed by atoms with Gasteiger partial charge in [0.15, 0.2) is 0 Å². The fourth-order valence-corrected chi connectivity index (χ4v) is 2.60. The van der Waals surface area contributed by atoms with Crippen LogP contribution in [0.2, 0.25) is 0 Å². The lowest BCUT2D eigenvalue weighted by molar-refractivity contribution is -0.384. The van der Waals surface area contributed by atoms with E-state index in [0.29, 0.717) is 0 Å². The molecule has 1 aliphatic heterocycles. The van der Waals surface area contributed by atoms with Crippen LogP contribution in [0.25, 0.3) is 0 Å². The van der Waals surface area contributed by atoms with Crippen molar-refractivity contribution in [2.75, 3.05) is 0 Å². The predicted molar refractivity (Wildman–Crippen MR) is 61.0 cm³/mol. The van der Waals surface area contributed by atoms with Crippen LogP contribution in [0.15, 0.2) is 24.3 Å². The first-order valence-electron chi connectivity index (χ1n) is 4.78. The van der Waals surface area contributed by atoms with Gasteiger partial charge in [0.25, 0.3) is 5.69 Å². The van der Waals surface area contributed by atoms with Gasteiger partial charge in [-0.25, -0.2) is 0 Å². The van der Waals surface area contributed by atoms with Crippen molar-refractivity contribution >= 4 is 23.4 Å². The van der Waals surface area contributed by atoms with Gasteiger partial charge in [-0.2, -0.15) is 0 Å². The highest BCUT2D eigenvalue weighted by Crippen LogP contribution is 2.36. The lowest BCUT2D eigenvalue weighted by Crippen LogP contribution is -2.22. The maximum absolute atomic E-state index is 11.3. The van der Waals surface area contributed by atoms with Gasteiger partial charge in [-0.05, 0) is 12.5 Å². The van der Waals surface area contributed by atoms with Gasteiger partial charge >= 0.3 is 0 Å². The largest absolute Gasteiger partial charge is 0.339 e. The molecule has 0 bridgehead atoms. The number of hydrogen-bond acceptors (Lipinski definition) is 4. The zero-order valence-electron chi connectivity index (χ0n) is 8.54. The number of carbonyl (C=O) groups excluding carboxylic acids is 1. The van der Waals surface area contributed by atoms with E-state index in [0.717, 1.165) is 5.56 Å². The summed E-state index contributed by atoms with van der Waals surface area (Å²) in [6.07, 6.45) is 0. The Morgan fingerprint density at radius 2 is 2.25 bits per heavy atom. The van der Waals surface area contributed by atoms with E-state index in [2.05, 4.69) is 5.32 Å². The Balaban J connectivity index is 2.25. The summed E-state index contributed by atoms with van der Waals surface area (Å²) < 4.78 is 0. The molecule has 1 saturated heterocycles. The maximum atomic E-state index is 11.3. The smallest absolute Gasteiger partial charge is 0.269 e. The third-order valence-corrected chi connectivity index (χ3v) is 3.65. The lowest BCUT2D eigenvalue weighted by atomic mass is 10.2. The molecule has 1 fully saturated rings. The molecular formula is C10H10N2O3S. The van der Waals surface area contributed by atoms with Crippen LogP contribution in [-0.4, -0.2) is 16.1 Å². The molecule has 1 aromatic rings. The monoisotopic (exact) mass is 238 g/mol. The highest BCUT2D eigenvalue weighted by molar-refractivity contribution is 8.01. The zero-order chi connectivity index (χ0) is 11.7. The van der Waals surface area contributed by atoms with Crippen LogP contribution in [0.4, 0.5) is 5.69 Å². The van der Waals surface area contributed by atoms with E-state index in [1.165, 1.54) is 23.9 Å². The molecule has 1 N–H and O–H groups in total. The second-order valence-electron chi connectivity index (χ2n) is 3.52. The van der Waals surface area contributed by atoms with Crippen LogP contribution in [0.5, 0.6) is 0 Å². The molecule has 1 heterocycles. The summed E-state index contributed by atoms with van der Waals surface area (Å²) >= 11 is 1.46. The molecule has 0 aliphatic carbocycles. The average Bonchev–Trinajstić information content (AvgIpc) is 2.59. The molecule has 5 nitrogen and oxygen atoms in total. The summed E-state index contributed by atoms with van der Waals surface area (Å²) in [6, 6.07) is 6.34. The van der Waals surface area contributed by atoms with Gasteiger partial charge in [0.05, 0.1) is 10.2 Å². The van der Waals surface area contributed by atoms with Crippen LogP contribution < -0.4 is 5.32 Å². The van der Waals surface area contributed by atoms with Crippen LogP contribution in [0, 0.1) is 10.1 Å². The number of non-ortho nitro benzene ring substituents is 1. The first kappa shape index (κ1) is 10.9. The van der Waals surface area contributed by atoms with Crippen molar-refractivity contribution in [3.8, 4) is 0 Å². The van der Waals surface area contributed by atoms with Crippen LogP contribution in [0.3, 0.4) is 0 Å². The van der Waals surface area contributed by atoms with Gasteiger partial charge in [0.2, 0.25) is 5.91 Å². The summed E-state index contributed by atoms with van der Waals surface area (Å²) in [7, 11) is 0. The first-order chi connectivity index (χ1) is 7.58. The molecule has 0 spiro atoms. The number of hydrogen-bond donors (Lipinski definition) is 1. The normalized spacial score (nSPS) is 24.2. The highest BCUT2D eigenvalue weighted by Gasteiger charge is 2.30. The molecule has 0 aromatic heterocycles. The van der Waals surface area contributed by atoms with E-state index in [-0.39, 0.29) is 22.2 Å². The van der Waals surface area contributed by atoms with Crippen molar-refractivity contribution in [2.24, 2.45) is 0 Å². The number of nitro benzene ring substituents is 1. The second-order valence-corrected chi connectivity index (χ2v) is 4.97. The maximum Gasteiger partial charge on any atom is 0.269 e. The van der Waals surface area contributed by atoms with Crippen molar-refractivity contribution < 1.29 is 9.72 Å². The van der Waals surface area contributed by atoms with Gasteiger partial charge in [-0.15, -0.1) is 11.8 Å². The molecular weight excluding hydrogens is 228 g/mol. The SMILES string of the molecule is C[C@@H]1S[C@@H](c2cccc([N+](=O)[O-])c2)NC1=O. The molecule has 16 heavy (non-hydrogen) atoms. The molecule has 0 unspecified atom stereocenters. The number of benzene rings is 1. The van der Waals surface area contributed by atoms with Gasteiger partial charge in [-0.1, -0.05) is 12.1 Å². The first-order valence-corrected chi connectivity index (χ1v) is 5.72. The van der Waals surface area contributed by atoms with Crippen LogP contribution in [0.1, 0.15) is 17.9 Å². The Morgan fingerprint density at radius 1 is 1.50 bits per heavy atom. The predicted octanol–water partition coefficient (Wildman–Crippen LogP) is 1.84. The number of nitro groups is 1. The molecule has 2 rings (SSSR count). The fourth-order valence-electron chi connectivity index (χ4n) is 1.51. The van der Waals surface area contributed by atoms with E-state index in [9.17, 15) is 14.9 Å². The molecule has 1 amide bonds. The molecule has 1 aliphatic rings. The summed E-state index contributed by atoms with van der Waals surface area (Å²) in [5, 5.41) is 13.1. The van der Waals surface area contributed by atoms with Crippen molar-refractivity contribution in [2.45, 2.75) is 17.5 Å². The van der Waals surface area contributed by atoms with Gasteiger partial charge in [0.1, 0.15) is 5.37 Å². The van der Waals surface area contributed by atoms with E-state index in [4.69, 9.17) is 0 Å². The van der Waals surface area contributed by atoms with Crippen molar-refractivity contribution in [1.29, 1.82) is 0 Å². The Kier molecular flexibility index (Phi) is 2.82. The van der Waals surface area contributed by atoms with Crippen molar-refractivity contribution in [3.63, 3.8) is 0 Å². The van der Waals surface area contributed by atoms with Gasteiger partial charge in [-0.3, -0.25) is 14.9 Å². The average molecular weight is 238 g/mol. The van der Waals surface area contributed by atoms with Crippen LogP contribution in [-0.2, 0) is 4.79 Å². The molecule has 84 valence electrons. The van der Waals surface area contributed by atoms with E-state index < -0.39 is 4.92 Å². The van der Waals surface area contributed by atoms with E-state index >= 15 is 0 Å². The summed E-state index contributed by atoms with van der Waals surface area (Å²) in [5.41, 5.74) is 0.809. The van der Waals surface area contributed by atoms with Gasteiger partial charge < -0.3 is 5.32 Å². The highest BCUT2D eigenvalue weighted by atomic mass is 32.2. The molecule has 2 atom stereocenters. The molecule has 0 radical (unpaired) electrons. The summed E-state index contributed by atoms with van der Waals surface area (Å²) in [4.78, 5) is 21.5. The number of nitrogens with zero attached hydrogens (tertiary/aromatic N) is 1. The standard InChI is InChI=1S/C10H10N2O3S/c1-6-9(13)11-10(16-6)7-3-2-4-8(5-7)12(14)15/h2-6,10H,1H3,(H,11,13)/t6-,10-/m0/s1. The quantitative estimate of drug-likeness (QED) is 0.630. The number of nitrogens with one attached hydrogen (secondary N) is 1. The zero-order valence-corrected chi connectivity index (χ0v) is 9.36. The van der Waals surface area contributed by atoms with Crippen molar-refractivity contribution in [3.05, 3.63) is 39.9 Å². The van der Waals surface area contributed by atoms with Crippen LogP contribution >= 0.6 is 11.8 Å². The Labute approximate surface area is 96.4 Å². The topological polar surface area (TPSA) is 72.2 Å². The van der Waals surface area contributed by atoms with Crippen molar-refractivity contribution in [1.82, 2.24) is 5.32 Å².